The third kappa shape index (κ3) is 2.70. The Morgan fingerprint density at radius 3 is 2.69 bits per heavy atom. The average Bonchev–Trinajstić information content (AvgIpc) is 2.44. The van der Waals surface area contributed by atoms with Crippen LogP contribution in [0, 0.1) is 6.92 Å². The summed E-state index contributed by atoms with van der Waals surface area (Å²) in [7, 11) is 1.98. The van der Waals surface area contributed by atoms with Gasteiger partial charge in [0.1, 0.15) is 11.6 Å². The van der Waals surface area contributed by atoms with Gasteiger partial charge in [-0.05, 0) is 6.92 Å². The van der Waals surface area contributed by atoms with Crippen molar-refractivity contribution in [3.05, 3.63) is 11.6 Å². The van der Waals surface area contributed by atoms with Gasteiger partial charge in [0.25, 0.3) is 0 Å². The fourth-order valence-corrected chi connectivity index (χ4v) is 1.68. The van der Waals surface area contributed by atoms with Gasteiger partial charge in [-0.15, -0.1) is 22.0 Å². The van der Waals surface area contributed by atoms with E-state index in [0.717, 1.165) is 17.4 Å². The van der Waals surface area contributed by atoms with Gasteiger partial charge in [0.05, 0.1) is 5.75 Å². The zero-order chi connectivity index (χ0) is 9.84. The molecule has 0 aliphatic rings. The molecule has 0 bridgehead atoms. The number of rotatable bonds is 4. The maximum atomic E-state index is 5.52. The minimum Gasteiger partial charge on any atom is -0.329 e. The average molecular weight is 200 g/mol. The van der Waals surface area contributed by atoms with E-state index in [0.29, 0.717) is 11.8 Å². The SMILES string of the molecule is Cc1nnc(CSC(C)CN)n1C. The molecule has 2 N–H and O–H groups in total. The van der Waals surface area contributed by atoms with Crippen molar-refractivity contribution in [3.8, 4) is 0 Å². The molecule has 0 aliphatic carbocycles. The van der Waals surface area contributed by atoms with E-state index in [1.807, 2.05) is 30.3 Å². The molecule has 0 radical (unpaired) electrons. The summed E-state index contributed by atoms with van der Waals surface area (Å²) >= 11 is 1.81. The lowest BCUT2D eigenvalue weighted by Gasteiger charge is -2.06. The summed E-state index contributed by atoms with van der Waals surface area (Å²) in [4.78, 5) is 0. The van der Waals surface area contributed by atoms with Crippen LogP contribution in [0.1, 0.15) is 18.6 Å². The van der Waals surface area contributed by atoms with Gasteiger partial charge < -0.3 is 10.3 Å². The Morgan fingerprint density at radius 1 is 1.54 bits per heavy atom. The van der Waals surface area contributed by atoms with E-state index in [1.165, 1.54) is 0 Å². The van der Waals surface area contributed by atoms with E-state index < -0.39 is 0 Å². The molecule has 13 heavy (non-hydrogen) atoms. The number of nitrogens with two attached hydrogens (primary N) is 1. The standard InChI is InChI=1S/C8H16N4S/c1-6(4-9)13-5-8-11-10-7(2)12(8)3/h6H,4-5,9H2,1-3H3. The molecule has 1 unspecified atom stereocenters. The molecular weight excluding hydrogens is 184 g/mol. The molecule has 0 saturated heterocycles. The fourth-order valence-electron chi connectivity index (χ4n) is 0.862. The molecule has 0 aliphatic heterocycles. The van der Waals surface area contributed by atoms with Gasteiger partial charge in [-0.25, -0.2) is 0 Å². The molecule has 0 spiro atoms. The van der Waals surface area contributed by atoms with E-state index in [2.05, 4.69) is 17.1 Å². The summed E-state index contributed by atoms with van der Waals surface area (Å²) in [6.45, 7) is 4.78. The van der Waals surface area contributed by atoms with Crippen LogP contribution in [0.5, 0.6) is 0 Å². The quantitative estimate of drug-likeness (QED) is 0.777. The van der Waals surface area contributed by atoms with Gasteiger partial charge in [-0.2, -0.15) is 0 Å². The van der Waals surface area contributed by atoms with E-state index in [-0.39, 0.29) is 0 Å². The van der Waals surface area contributed by atoms with Crippen LogP contribution in [0.3, 0.4) is 0 Å². The van der Waals surface area contributed by atoms with E-state index in [1.54, 1.807) is 0 Å². The second kappa shape index (κ2) is 4.62. The molecule has 0 aromatic carbocycles. The molecule has 0 saturated carbocycles. The normalized spacial score (nSPS) is 13.2. The molecule has 5 heteroatoms. The van der Waals surface area contributed by atoms with Crippen molar-refractivity contribution in [2.75, 3.05) is 6.54 Å². The number of aryl methyl sites for hydroxylation is 1. The molecule has 4 nitrogen and oxygen atoms in total. The lowest BCUT2D eigenvalue weighted by molar-refractivity contribution is 0.815. The van der Waals surface area contributed by atoms with Crippen molar-refractivity contribution >= 4 is 11.8 Å². The van der Waals surface area contributed by atoms with Crippen LogP contribution in [0.25, 0.3) is 0 Å². The monoisotopic (exact) mass is 200 g/mol. The van der Waals surface area contributed by atoms with Crippen molar-refractivity contribution in [2.45, 2.75) is 24.9 Å². The molecule has 1 aromatic rings. The molecular formula is C8H16N4S. The Bertz CT molecular complexity index is 271. The summed E-state index contributed by atoms with van der Waals surface area (Å²) in [5, 5.41) is 8.54. The van der Waals surface area contributed by atoms with Crippen molar-refractivity contribution in [1.29, 1.82) is 0 Å². The van der Waals surface area contributed by atoms with Crippen LogP contribution in [0.2, 0.25) is 0 Å². The van der Waals surface area contributed by atoms with Crippen LogP contribution < -0.4 is 5.73 Å². The van der Waals surface area contributed by atoms with E-state index in [4.69, 9.17) is 5.73 Å². The molecule has 0 amide bonds. The van der Waals surface area contributed by atoms with E-state index in [9.17, 15) is 0 Å². The highest BCUT2D eigenvalue weighted by Gasteiger charge is 2.06. The minimum atomic E-state index is 0.483. The van der Waals surface area contributed by atoms with Gasteiger partial charge in [-0.3, -0.25) is 0 Å². The molecule has 0 fully saturated rings. The molecule has 1 rings (SSSR count). The lowest BCUT2D eigenvalue weighted by atomic mass is 10.5. The maximum Gasteiger partial charge on any atom is 0.142 e. The Kier molecular flexibility index (Phi) is 3.74. The summed E-state index contributed by atoms with van der Waals surface area (Å²) in [6, 6.07) is 0. The first kappa shape index (κ1) is 10.5. The topological polar surface area (TPSA) is 56.7 Å². The Balaban J connectivity index is 2.50. The van der Waals surface area contributed by atoms with Crippen LogP contribution in [-0.2, 0) is 12.8 Å². The fraction of sp³-hybridized carbons (Fsp3) is 0.750. The Morgan fingerprint density at radius 2 is 2.23 bits per heavy atom. The molecule has 1 heterocycles. The maximum absolute atomic E-state index is 5.52. The highest BCUT2D eigenvalue weighted by Crippen LogP contribution is 2.15. The second-order valence-electron chi connectivity index (χ2n) is 3.08. The van der Waals surface area contributed by atoms with Crippen molar-refractivity contribution in [2.24, 2.45) is 12.8 Å². The highest BCUT2D eigenvalue weighted by atomic mass is 32.2. The second-order valence-corrected chi connectivity index (χ2v) is 4.51. The first-order chi connectivity index (χ1) is 6.15. The number of thioether (sulfide) groups is 1. The number of nitrogens with zero attached hydrogens (tertiary/aromatic N) is 3. The van der Waals surface area contributed by atoms with Gasteiger partial charge >= 0.3 is 0 Å². The first-order valence-corrected chi connectivity index (χ1v) is 5.36. The van der Waals surface area contributed by atoms with Gasteiger partial charge in [0.15, 0.2) is 0 Å². The third-order valence-electron chi connectivity index (χ3n) is 2.01. The zero-order valence-corrected chi connectivity index (χ0v) is 9.14. The number of hydrogen-bond donors (Lipinski definition) is 1. The Hall–Kier alpha value is -0.550. The van der Waals surface area contributed by atoms with E-state index >= 15 is 0 Å². The zero-order valence-electron chi connectivity index (χ0n) is 8.32. The minimum absolute atomic E-state index is 0.483. The van der Waals surface area contributed by atoms with Crippen molar-refractivity contribution < 1.29 is 0 Å². The predicted molar refractivity (Wildman–Crippen MR) is 55.6 cm³/mol. The highest BCUT2D eigenvalue weighted by molar-refractivity contribution is 7.99. The Labute approximate surface area is 82.9 Å². The number of aromatic nitrogens is 3. The van der Waals surface area contributed by atoms with Crippen molar-refractivity contribution in [1.82, 2.24) is 14.8 Å². The number of hydrogen-bond acceptors (Lipinski definition) is 4. The van der Waals surface area contributed by atoms with Crippen LogP contribution in [-0.4, -0.2) is 26.6 Å². The third-order valence-corrected chi connectivity index (χ3v) is 3.20. The smallest absolute Gasteiger partial charge is 0.142 e. The first-order valence-electron chi connectivity index (χ1n) is 4.31. The van der Waals surface area contributed by atoms with Crippen LogP contribution in [0.15, 0.2) is 0 Å². The van der Waals surface area contributed by atoms with Gasteiger partial charge in [0, 0.05) is 18.8 Å². The van der Waals surface area contributed by atoms with Crippen LogP contribution >= 0.6 is 11.8 Å². The molecule has 1 atom stereocenters. The molecule has 74 valence electrons. The van der Waals surface area contributed by atoms with Gasteiger partial charge in [-0.1, -0.05) is 6.92 Å². The summed E-state index contributed by atoms with van der Waals surface area (Å²) in [5.74, 6) is 2.86. The lowest BCUT2D eigenvalue weighted by Crippen LogP contribution is -2.13. The predicted octanol–water partition coefficient (Wildman–Crippen LogP) is 0.704. The molecule has 1 aromatic heterocycles. The van der Waals surface area contributed by atoms with Gasteiger partial charge in [0.2, 0.25) is 0 Å². The summed E-state index contributed by atoms with van der Waals surface area (Å²) in [5.41, 5.74) is 5.52. The largest absolute Gasteiger partial charge is 0.329 e. The summed E-state index contributed by atoms with van der Waals surface area (Å²) < 4.78 is 2.01. The summed E-state index contributed by atoms with van der Waals surface area (Å²) in [6.07, 6.45) is 0. The van der Waals surface area contributed by atoms with Crippen molar-refractivity contribution in [3.63, 3.8) is 0 Å². The van der Waals surface area contributed by atoms with Crippen LogP contribution in [0.4, 0.5) is 0 Å².